The molecule has 2 fully saturated rings. The average molecular weight is 327 g/mol. The number of carbonyl (C=O) groups is 1. The van der Waals surface area contributed by atoms with E-state index in [0.29, 0.717) is 6.04 Å². The summed E-state index contributed by atoms with van der Waals surface area (Å²) >= 11 is 0. The molecule has 0 bridgehead atoms. The van der Waals surface area contributed by atoms with E-state index in [0.717, 1.165) is 43.4 Å². The Morgan fingerprint density at radius 2 is 2.21 bits per heavy atom. The number of nitrogens with one attached hydrogen (secondary N) is 2. The van der Waals surface area contributed by atoms with E-state index < -0.39 is 0 Å². The molecule has 126 valence electrons. The maximum absolute atomic E-state index is 12.3. The number of H-pyrrole nitrogens is 1. The van der Waals surface area contributed by atoms with E-state index in [-0.39, 0.29) is 17.7 Å². The van der Waals surface area contributed by atoms with Crippen LogP contribution in [0.1, 0.15) is 25.1 Å². The van der Waals surface area contributed by atoms with Crippen LogP contribution >= 0.6 is 0 Å². The van der Waals surface area contributed by atoms with Gasteiger partial charge in [-0.05, 0) is 37.6 Å². The number of aromatic amines is 1. The zero-order valence-corrected chi connectivity index (χ0v) is 13.6. The molecule has 1 saturated carbocycles. The fourth-order valence-corrected chi connectivity index (χ4v) is 3.26. The maximum atomic E-state index is 12.3. The van der Waals surface area contributed by atoms with Crippen LogP contribution in [0.5, 0.6) is 0 Å². The Balaban J connectivity index is 1.36. The zero-order chi connectivity index (χ0) is 16.5. The third-order valence-corrected chi connectivity index (χ3v) is 4.75. The normalized spacial score (nSPS) is 26.2. The average Bonchev–Trinajstić information content (AvgIpc) is 3.22. The second kappa shape index (κ2) is 6.24. The highest BCUT2D eigenvalue weighted by molar-refractivity contribution is 5.95. The molecule has 0 unspecified atom stereocenters. The van der Waals surface area contributed by atoms with Gasteiger partial charge in [-0.15, -0.1) is 0 Å². The third-order valence-electron chi connectivity index (χ3n) is 4.75. The number of carbonyl (C=O) groups excluding carboxylic acids is 1. The summed E-state index contributed by atoms with van der Waals surface area (Å²) in [6.45, 7) is 4.57. The highest BCUT2D eigenvalue weighted by Gasteiger charge is 2.45. The van der Waals surface area contributed by atoms with Crippen LogP contribution in [0.2, 0.25) is 0 Å². The summed E-state index contributed by atoms with van der Waals surface area (Å²) < 4.78 is 5.47. The van der Waals surface area contributed by atoms with Gasteiger partial charge in [0.1, 0.15) is 12.2 Å². The van der Waals surface area contributed by atoms with Crippen LogP contribution in [0.25, 0.3) is 0 Å². The molecule has 7 heteroatoms. The van der Waals surface area contributed by atoms with Crippen LogP contribution in [0.4, 0.5) is 11.4 Å². The summed E-state index contributed by atoms with van der Waals surface area (Å²) in [5, 5.41) is 9.67. The van der Waals surface area contributed by atoms with Crippen molar-refractivity contribution in [2.45, 2.75) is 25.3 Å². The summed E-state index contributed by atoms with van der Waals surface area (Å²) in [5.41, 5.74) is 1.99. The van der Waals surface area contributed by atoms with Gasteiger partial charge in [-0.3, -0.25) is 9.89 Å². The Morgan fingerprint density at radius 3 is 2.92 bits per heavy atom. The van der Waals surface area contributed by atoms with Gasteiger partial charge < -0.3 is 15.0 Å². The van der Waals surface area contributed by atoms with Crippen molar-refractivity contribution in [1.82, 2.24) is 15.2 Å². The standard InChI is InChI=1S/C17H21N5O2/c1-11-9-24-7-6-22(11)13-4-2-12(3-5-13)20-17(23)15-8-14(15)16-18-10-19-21-16/h2-5,10-11,14-15H,6-9H2,1H3,(H,20,23)(H,18,19,21)/t11-,14-,15+/m1/s1. The van der Waals surface area contributed by atoms with Crippen LogP contribution < -0.4 is 10.2 Å². The number of hydrogen-bond donors (Lipinski definition) is 2. The summed E-state index contributed by atoms with van der Waals surface area (Å²) in [6.07, 6.45) is 2.30. The lowest BCUT2D eigenvalue weighted by Gasteiger charge is -2.35. The Bertz CT molecular complexity index is 700. The van der Waals surface area contributed by atoms with Crippen LogP contribution in [0.15, 0.2) is 30.6 Å². The lowest BCUT2D eigenvalue weighted by Crippen LogP contribution is -2.43. The molecule has 4 rings (SSSR count). The molecular weight excluding hydrogens is 306 g/mol. The van der Waals surface area contributed by atoms with Gasteiger partial charge in [0, 0.05) is 35.8 Å². The smallest absolute Gasteiger partial charge is 0.228 e. The topological polar surface area (TPSA) is 83.1 Å². The van der Waals surface area contributed by atoms with Crippen molar-refractivity contribution in [2.75, 3.05) is 30.0 Å². The number of benzene rings is 1. The van der Waals surface area contributed by atoms with E-state index in [1.165, 1.54) is 6.33 Å². The molecule has 2 N–H and O–H groups in total. The van der Waals surface area contributed by atoms with Crippen molar-refractivity contribution in [1.29, 1.82) is 0 Å². The molecule has 0 radical (unpaired) electrons. The predicted octanol–water partition coefficient (Wildman–Crippen LogP) is 1.77. The molecule has 2 aromatic rings. The van der Waals surface area contributed by atoms with Crippen LogP contribution in [-0.4, -0.2) is 46.9 Å². The van der Waals surface area contributed by atoms with E-state index in [1.54, 1.807) is 0 Å². The number of rotatable bonds is 4. The molecule has 1 aromatic carbocycles. The van der Waals surface area contributed by atoms with Crippen molar-refractivity contribution in [3.63, 3.8) is 0 Å². The molecule has 1 aliphatic heterocycles. The van der Waals surface area contributed by atoms with E-state index in [9.17, 15) is 4.79 Å². The van der Waals surface area contributed by atoms with Crippen molar-refractivity contribution in [3.05, 3.63) is 36.4 Å². The molecule has 2 heterocycles. The van der Waals surface area contributed by atoms with E-state index in [2.05, 4.69) is 44.5 Å². The molecule has 7 nitrogen and oxygen atoms in total. The highest BCUT2D eigenvalue weighted by atomic mass is 16.5. The quantitative estimate of drug-likeness (QED) is 0.894. The van der Waals surface area contributed by atoms with Gasteiger partial charge in [-0.2, -0.15) is 5.10 Å². The molecule has 0 spiro atoms. The second-order valence-corrected chi connectivity index (χ2v) is 6.47. The fourth-order valence-electron chi connectivity index (χ4n) is 3.26. The summed E-state index contributed by atoms with van der Waals surface area (Å²) in [5.74, 6) is 0.994. The predicted molar refractivity (Wildman–Crippen MR) is 89.9 cm³/mol. The van der Waals surface area contributed by atoms with E-state index in [1.807, 2.05) is 12.1 Å². The first-order chi connectivity index (χ1) is 11.7. The number of anilines is 2. The van der Waals surface area contributed by atoms with Gasteiger partial charge in [-0.1, -0.05) is 0 Å². The molecular formula is C17H21N5O2. The third kappa shape index (κ3) is 2.99. The molecule has 1 aliphatic carbocycles. The van der Waals surface area contributed by atoms with Crippen molar-refractivity contribution < 1.29 is 9.53 Å². The SMILES string of the molecule is C[C@@H]1COCCN1c1ccc(NC(=O)[C@H]2C[C@H]2c2ncn[nH]2)cc1. The Labute approximate surface area is 140 Å². The molecule has 1 amide bonds. The summed E-state index contributed by atoms with van der Waals surface area (Å²) in [7, 11) is 0. The van der Waals surface area contributed by atoms with Crippen LogP contribution in [-0.2, 0) is 9.53 Å². The van der Waals surface area contributed by atoms with Gasteiger partial charge in [0.15, 0.2) is 0 Å². The summed E-state index contributed by atoms with van der Waals surface area (Å²) in [4.78, 5) is 18.8. The zero-order valence-electron chi connectivity index (χ0n) is 13.6. The Hall–Kier alpha value is -2.41. The number of ether oxygens (including phenoxy) is 1. The largest absolute Gasteiger partial charge is 0.377 e. The van der Waals surface area contributed by atoms with Crippen molar-refractivity contribution >= 4 is 17.3 Å². The first-order valence-corrected chi connectivity index (χ1v) is 8.33. The minimum Gasteiger partial charge on any atom is -0.377 e. The van der Waals surface area contributed by atoms with Gasteiger partial charge in [0.25, 0.3) is 0 Å². The lowest BCUT2D eigenvalue weighted by atomic mass is 10.2. The minimum absolute atomic E-state index is 0.0168. The monoisotopic (exact) mass is 327 g/mol. The number of aromatic nitrogens is 3. The van der Waals surface area contributed by atoms with Crippen molar-refractivity contribution in [2.24, 2.45) is 5.92 Å². The van der Waals surface area contributed by atoms with Crippen LogP contribution in [0, 0.1) is 5.92 Å². The Morgan fingerprint density at radius 1 is 1.38 bits per heavy atom. The first-order valence-electron chi connectivity index (χ1n) is 8.33. The van der Waals surface area contributed by atoms with Crippen LogP contribution in [0.3, 0.4) is 0 Å². The van der Waals surface area contributed by atoms with Gasteiger partial charge in [-0.25, -0.2) is 4.98 Å². The molecule has 1 aromatic heterocycles. The second-order valence-electron chi connectivity index (χ2n) is 6.47. The molecule has 1 saturated heterocycles. The van der Waals surface area contributed by atoms with E-state index >= 15 is 0 Å². The molecule has 24 heavy (non-hydrogen) atoms. The van der Waals surface area contributed by atoms with Gasteiger partial charge >= 0.3 is 0 Å². The molecule has 3 atom stereocenters. The van der Waals surface area contributed by atoms with E-state index in [4.69, 9.17) is 4.74 Å². The van der Waals surface area contributed by atoms with Crippen molar-refractivity contribution in [3.8, 4) is 0 Å². The number of amides is 1. The van der Waals surface area contributed by atoms with Gasteiger partial charge in [0.05, 0.1) is 13.2 Å². The Kier molecular flexibility index (Phi) is 3.93. The number of nitrogens with zero attached hydrogens (tertiary/aromatic N) is 3. The summed E-state index contributed by atoms with van der Waals surface area (Å²) in [6, 6.07) is 8.40. The number of morpholine rings is 1. The molecule has 2 aliphatic rings. The fraction of sp³-hybridized carbons (Fsp3) is 0.471. The minimum atomic E-state index is -0.0168. The number of hydrogen-bond acceptors (Lipinski definition) is 5. The maximum Gasteiger partial charge on any atom is 0.228 e. The first kappa shape index (κ1) is 15.1. The van der Waals surface area contributed by atoms with Gasteiger partial charge in [0.2, 0.25) is 5.91 Å². The lowest BCUT2D eigenvalue weighted by molar-refractivity contribution is -0.117. The highest BCUT2D eigenvalue weighted by Crippen LogP contribution is 2.46.